The summed E-state index contributed by atoms with van der Waals surface area (Å²) >= 11 is 0. The van der Waals surface area contributed by atoms with E-state index in [1.165, 1.54) is 6.42 Å². The summed E-state index contributed by atoms with van der Waals surface area (Å²) < 4.78 is 11.4. The first-order valence-electron chi connectivity index (χ1n) is 23.4. The van der Waals surface area contributed by atoms with Crippen molar-refractivity contribution in [1.82, 2.24) is 4.90 Å². The van der Waals surface area contributed by atoms with Crippen molar-refractivity contribution in [2.24, 2.45) is 73.9 Å². The number of Topliss-reactive ketones (excluding diaryl/α,β-unsaturated/α-hetero) is 1. The van der Waals surface area contributed by atoms with Crippen molar-refractivity contribution in [3.63, 3.8) is 0 Å². The lowest BCUT2D eigenvalue weighted by Crippen LogP contribution is -2.67. The topological polar surface area (TPSA) is 130 Å². The molecule has 7 aliphatic rings. The van der Waals surface area contributed by atoms with E-state index >= 15 is 4.79 Å². The molecule has 9 heteroatoms. The highest BCUT2D eigenvalue weighted by atomic mass is 16.6. The van der Waals surface area contributed by atoms with Gasteiger partial charge in [-0.25, -0.2) is 0 Å². The predicted octanol–water partition coefficient (Wildman–Crippen LogP) is 8.70. The highest BCUT2D eigenvalue weighted by molar-refractivity contribution is 5.87. The minimum Gasteiger partial charge on any atom is -0.462 e. The van der Waals surface area contributed by atoms with E-state index in [9.17, 15) is 24.6 Å². The highest BCUT2D eigenvalue weighted by Crippen LogP contribution is 2.78. The second-order valence-electron chi connectivity index (χ2n) is 23.8. The third kappa shape index (κ3) is 6.65. The molecule has 0 aromatic carbocycles. The Balaban J connectivity index is 1.12. The second kappa shape index (κ2) is 14.8. The lowest BCUT2D eigenvalue weighted by atomic mass is 9.32. The Labute approximate surface area is 349 Å². The summed E-state index contributed by atoms with van der Waals surface area (Å²) in [7, 11) is 0. The number of hydrogen-bond donors (Lipinski definition) is 2. The molecular formula is C49H79NO8. The lowest BCUT2D eigenvalue weighted by Gasteiger charge is -2.73. The average molecular weight is 810 g/mol. The molecule has 58 heavy (non-hydrogen) atoms. The SMILES string of the molecule is CC(C)(CC(=O)O[C@H]1CC[C@]2(C)[C@H]3CC[C@@H]4[C@H]5[C@H]([C@@](C)(O)CO)CC[C@]5(C(=O)C[C@@H]5C[C@H](C(=O)N6CCCCC6)C5(C)C)CC[C@@]4(C)[C@]3(C)CC[C@H]2C1(C)C)OC=O. The third-order valence-electron chi connectivity index (χ3n) is 20.1. The number of fused-ring (bicyclic) bond motifs is 7. The Hall–Kier alpha value is -2.00. The van der Waals surface area contributed by atoms with Crippen LogP contribution in [0.5, 0.6) is 0 Å². The number of nitrogens with zero attached hydrogens (tertiary/aromatic N) is 1. The second-order valence-corrected chi connectivity index (χ2v) is 23.8. The summed E-state index contributed by atoms with van der Waals surface area (Å²) in [6.07, 6.45) is 13.8. The van der Waals surface area contributed by atoms with Gasteiger partial charge in [0, 0.05) is 36.3 Å². The molecule has 1 amide bonds. The van der Waals surface area contributed by atoms with Gasteiger partial charge in [-0.15, -0.1) is 0 Å². The molecule has 0 bridgehead atoms. The maximum Gasteiger partial charge on any atom is 0.310 e. The monoisotopic (exact) mass is 810 g/mol. The first kappa shape index (κ1) is 44.1. The van der Waals surface area contributed by atoms with Crippen LogP contribution in [-0.2, 0) is 28.7 Å². The van der Waals surface area contributed by atoms with Gasteiger partial charge in [-0.3, -0.25) is 19.2 Å². The Kier molecular flexibility index (Phi) is 11.3. The summed E-state index contributed by atoms with van der Waals surface area (Å²) in [4.78, 5) is 55.2. The molecule has 13 atom stereocenters. The standard InChI is InChI=1S/C49H79NO8/c1-42(2,57-30-52)28-39(54)58-38-18-19-45(7)35(44(38,5)6)17-20-47(9)36(45)15-14-32-40-33(48(10,56)29-51)16-21-49(40,23-22-46(32,47)8)37(53)27-31-26-34(43(31,3)4)41(55)50-24-12-11-13-25-50/h30-36,38,40,51,56H,11-29H2,1-10H3/t31-,32+,33+,34+,35-,36+,38-,40-,45-,46+,47+,48-,49+/m0/s1. The highest BCUT2D eigenvalue weighted by Gasteiger charge is 2.73. The van der Waals surface area contributed by atoms with Crippen LogP contribution >= 0.6 is 0 Å². The van der Waals surface area contributed by atoms with Crippen LogP contribution in [0.2, 0.25) is 0 Å². The number of amides is 1. The largest absolute Gasteiger partial charge is 0.462 e. The first-order valence-corrected chi connectivity index (χ1v) is 23.4. The molecule has 1 saturated heterocycles. The number of ether oxygens (including phenoxy) is 2. The van der Waals surface area contributed by atoms with Crippen LogP contribution in [-0.4, -0.2) is 76.2 Å². The summed E-state index contributed by atoms with van der Waals surface area (Å²) in [6, 6.07) is 0. The normalized spacial score (nSPS) is 43.9. The Bertz CT molecular complexity index is 1610. The molecule has 2 N–H and O–H groups in total. The summed E-state index contributed by atoms with van der Waals surface area (Å²) in [5.41, 5.74) is -3.08. The average Bonchev–Trinajstić information content (AvgIpc) is 3.56. The van der Waals surface area contributed by atoms with Crippen molar-refractivity contribution in [2.75, 3.05) is 19.7 Å². The van der Waals surface area contributed by atoms with Crippen molar-refractivity contribution in [2.45, 2.75) is 189 Å². The zero-order valence-electron chi connectivity index (χ0n) is 37.9. The Morgan fingerprint density at radius 3 is 2.12 bits per heavy atom. The van der Waals surface area contributed by atoms with E-state index in [4.69, 9.17) is 9.47 Å². The molecule has 7 rings (SSSR count). The quantitative estimate of drug-likeness (QED) is 0.157. The van der Waals surface area contributed by atoms with Gasteiger partial charge >= 0.3 is 5.97 Å². The van der Waals surface area contributed by atoms with Crippen molar-refractivity contribution in [1.29, 1.82) is 0 Å². The zero-order valence-corrected chi connectivity index (χ0v) is 37.9. The molecule has 0 aromatic heterocycles. The van der Waals surface area contributed by atoms with E-state index < -0.39 is 16.6 Å². The molecular weight excluding hydrogens is 731 g/mol. The third-order valence-corrected chi connectivity index (χ3v) is 20.1. The van der Waals surface area contributed by atoms with E-state index in [0.717, 1.165) is 96.6 Å². The Morgan fingerprint density at radius 1 is 0.793 bits per heavy atom. The molecule has 1 aliphatic heterocycles. The molecule has 0 unspecified atom stereocenters. The van der Waals surface area contributed by atoms with E-state index in [1.54, 1.807) is 20.8 Å². The van der Waals surface area contributed by atoms with Crippen molar-refractivity contribution in [3.05, 3.63) is 0 Å². The van der Waals surface area contributed by atoms with Crippen LogP contribution in [0.4, 0.5) is 0 Å². The van der Waals surface area contributed by atoms with E-state index in [0.29, 0.717) is 30.5 Å². The number of aliphatic hydroxyl groups is 2. The molecule has 0 radical (unpaired) electrons. The fourth-order valence-electron chi connectivity index (χ4n) is 16.3. The maximum atomic E-state index is 15.2. The van der Waals surface area contributed by atoms with Gasteiger partial charge < -0.3 is 24.6 Å². The number of aliphatic hydroxyl groups excluding tert-OH is 1. The number of hydrogen-bond acceptors (Lipinski definition) is 8. The van der Waals surface area contributed by atoms with Crippen molar-refractivity contribution < 1.29 is 38.9 Å². The minimum atomic E-state index is -1.26. The maximum absolute atomic E-state index is 15.2. The summed E-state index contributed by atoms with van der Waals surface area (Å²) in [5, 5.41) is 22.6. The van der Waals surface area contributed by atoms with E-state index in [2.05, 4.69) is 53.4 Å². The first-order chi connectivity index (χ1) is 26.9. The van der Waals surface area contributed by atoms with Crippen LogP contribution in [0, 0.1) is 73.9 Å². The van der Waals surface area contributed by atoms with Crippen LogP contribution in [0.1, 0.15) is 172 Å². The van der Waals surface area contributed by atoms with E-state index in [-0.39, 0.29) is 87.7 Å². The van der Waals surface area contributed by atoms with Gasteiger partial charge in [0.15, 0.2) is 0 Å². The van der Waals surface area contributed by atoms with Crippen LogP contribution < -0.4 is 0 Å². The van der Waals surface area contributed by atoms with Gasteiger partial charge in [-0.1, -0.05) is 48.5 Å². The lowest BCUT2D eigenvalue weighted by molar-refractivity contribution is -0.253. The number of likely N-dealkylation sites (tertiary alicyclic amines) is 1. The van der Waals surface area contributed by atoms with Gasteiger partial charge in [-0.05, 0) is 168 Å². The zero-order chi connectivity index (χ0) is 42.5. The number of carbonyl (C=O) groups is 4. The summed E-state index contributed by atoms with van der Waals surface area (Å²) in [5.74, 6) is 1.46. The van der Waals surface area contributed by atoms with Crippen LogP contribution in [0.25, 0.3) is 0 Å². The molecule has 7 fully saturated rings. The van der Waals surface area contributed by atoms with Gasteiger partial charge in [0.25, 0.3) is 6.47 Å². The van der Waals surface area contributed by atoms with E-state index in [1.807, 2.05) is 0 Å². The molecule has 0 spiro atoms. The van der Waals surface area contributed by atoms with Gasteiger partial charge in [0.1, 0.15) is 17.5 Å². The fraction of sp³-hybridized carbons (Fsp3) is 0.918. The molecule has 1 heterocycles. The fourth-order valence-corrected chi connectivity index (χ4v) is 16.3. The minimum absolute atomic E-state index is 0.0113. The summed E-state index contributed by atoms with van der Waals surface area (Å²) in [6.45, 7) is 23.7. The number of piperidine rings is 1. The predicted molar refractivity (Wildman–Crippen MR) is 223 cm³/mol. The van der Waals surface area contributed by atoms with Crippen molar-refractivity contribution in [3.8, 4) is 0 Å². The molecule has 6 saturated carbocycles. The number of rotatable bonds is 11. The van der Waals surface area contributed by atoms with Crippen LogP contribution in [0.15, 0.2) is 0 Å². The molecule has 328 valence electrons. The number of carbonyl (C=O) groups excluding carboxylic acids is 4. The number of esters is 1. The van der Waals surface area contributed by atoms with Gasteiger partial charge in [0.05, 0.1) is 18.6 Å². The van der Waals surface area contributed by atoms with Crippen LogP contribution in [0.3, 0.4) is 0 Å². The molecule has 9 nitrogen and oxygen atoms in total. The van der Waals surface area contributed by atoms with Gasteiger partial charge in [0.2, 0.25) is 5.91 Å². The molecule has 0 aromatic rings. The number of ketones is 1. The Morgan fingerprint density at radius 2 is 1.48 bits per heavy atom. The smallest absolute Gasteiger partial charge is 0.310 e. The van der Waals surface area contributed by atoms with Gasteiger partial charge in [-0.2, -0.15) is 0 Å². The molecule has 6 aliphatic carbocycles. The van der Waals surface area contributed by atoms with Crippen molar-refractivity contribution >= 4 is 24.1 Å².